The second-order valence-electron chi connectivity index (χ2n) is 5.93. The maximum atomic E-state index is 12.5. The minimum atomic E-state index is -0.510. The van der Waals surface area contributed by atoms with Crippen LogP contribution in [-0.2, 0) is 14.3 Å². The highest BCUT2D eigenvalue weighted by Crippen LogP contribution is 2.23. The summed E-state index contributed by atoms with van der Waals surface area (Å²) in [5.41, 5.74) is 7.02. The van der Waals surface area contributed by atoms with Crippen LogP contribution in [0.25, 0.3) is 5.69 Å². The van der Waals surface area contributed by atoms with Crippen LogP contribution in [0.15, 0.2) is 36.5 Å². The second kappa shape index (κ2) is 8.11. The van der Waals surface area contributed by atoms with Crippen LogP contribution in [0.5, 0.6) is 0 Å². The molecule has 2 heterocycles. The summed E-state index contributed by atoms with van der Waals surface area (Å²) in [5, 5.41) is 7.11. The number of rotatable bonds is 6. The molecule has 1 aliphatic rings. The first-order valence-electron chi connectivity index (χ1n) is 8.61. The van der Waals surface area contributed by atoms with Gasteiger partial charge >= 0.3 is 5.97 Å². The Morgan fingerprint density at radius 1 is 1.35 bits per heavy atom. The number of nitrogens with one attached hydrogen (secondary N) is 1. The molecule has 0 saturated carbocycles. The molecule has 8 heteroatoms. The number of carbonyl (C=O) groups excluding carboxylic acids is 2. The van der Waals surface area contributed by atoms with E-state index in [2.05, 4.69) is 10.4 Å². The Labute approximate surface area is 151 Å². The van der Waals surface area contributed by atoms with Gasteiger partial charge in [-0.1, -0.05) is 12.1 Å². The van der Waals surface area contributed by atoms with Crippen molar-refractivity contribution >= 4 is 17.6 Å². The van der Waals surface area contributed by atoms with E-state index in [0.29, 0.717) is 24.3 Å². The molecule has 2 atom stereocenters. The number of nitrogens with zero attached hydrogens (tertiary/aromatic N) is 2. The molecule has 138 valence electrons. The number of esters is 1. The molecule has 3 N–H and O–H groups in total. The van der Waals surface area contributed by atoms with Gasteiger partial charge in [-0.2, -0.15) is 5.10 Å². The minimum Gasteiger partial charge on any atom is -0.461 e. The molecule has 1 fully saturated rings. The van der Waals surface area contributed by atoms with E-state index in [4.69, 9.17) is 15.2 Å². The normalized spacial score (nSPS) is 19.3. The summed E-state index contributed by atoms with van der Waals surface area (Å²) in [5.74, 6) is -0.703. The standard InChI is InChI=1S/C18H22N4O4/c1-2-25-18(24)14-9-10-22(21-14)15-6-4-3-5-13(15)20-17(23)16-8-7-12(11-19)26-16/h3-6,9-10,12,16H,2,7-8,11,19H2,1H3,(H,20,23)/t12-,16+/m1/s1. The monoisotopic (exact) mass is 358 g/mol. The first-order valence-corrected chi connectivity index (χ1v) is 8.61. The van der Waals surface area contributed by atoms with E-state index in [9.17, 15) is 9.59 Å². The van der Waals surface area contributed by atoms with Crippen molar-refractivity contribution in [2.45, 2.75) is 32.0 Å². The lowest BCUT2D eigenvalue weighted by Gasteiger charge is -2.15. The van der Waals surface area contributed by atoms with Gasteiger partial charge in [0.25, 0.3) is 5.91 Å². The molecule has 0 aliphatic carbocycles. The van der Waals surface area contributed by atoms with Crippen LogP contribution < -0.4 is 11.1 Å². The lowest BCUT2D eigenvalue weighted by molar-refractivity contribution is -0.126. The molecule has 1 amide bonds. The summed E-state index contributed by atoms with van der Waals surface area (Å²) in [4.78, 5) is 24.3. The first kappa shape index (κ1) is 18.1. The predicted molar refractivity (Wildman–Crippen MR) is 95.1 cm³/mol. The van der Waals surface area contributed by atoms with Crippen molar-refractivity contribution < 1.29 is 19.1 Å². The van der Waals surface area contributed by atoms with Crippen LogP contribution in [-0.4, -0.2) is 47.0 Å². The Morgan fingerprint density at radius 2 is 2.15 bits per heavy atom. The average Bonchev–Trinajstić information content (AvgIpc) is 3.32. The molecule has 1 aromatic carbocycles. The molecule has 3 rings (SSSR count). The van der Waals surface area contributed by atoms with Gasteiger partial charge in [-0.3, -0.25) is 4.79 Å². The first-order chi connectivity index (χ1) is 12.6. The van der Waals surface area contributed by atoms with Crippen LogP contribution in [0.3, 0.4) is 0 Å². The molecule has 2 aromatic rings. The Bertz CT molecular complexity index is 789. The Hall–Kier alpha value is -2.71. The molecule has 8 nitrogen and oxygen atoms in total. The summed E-state index contributed by atoms with van der Waals surface area (Å²) < 4.78 is 12.1. The summed E-state index contributed by atoms with van der Waals surface area (Å²) >= 11 is 0. The summed E-state index contributed by atoms with van der Waals surface area (Å²) in [6.07, 6.45) is 2.49. The number of aromatic nitrogens is 2. The van der Waals surface area contributed by atoms with Gasteiger partial charge in [0.05, 0.1) is 24.1 Å². The summed E-state index contributed by atoms with van der Waals surface area (Å²) in [7, 11) is 0. The number of anilines is 1. The van der Waals surface area contributed by atoms with Gasteiger partial charge in [0, 0.05) is 12.7 Å². The quantitative estimate of drug-likeness (QED) is 0.758. The molecule has 1 aliphatic heterocycles. The van der Waals surface area contributed by atoms with E-state index in [1.807, 2.05) is 12.1 Å². The average molecular weight is 358 g/mol. The molecular weight excluding hydrogens is 336 g/mol. The molecule has 0 bridgehead atoms. The molecular formula is C18H22N4O4. The zero-order chi connectivity index (χ0) is 18.5. The van der Waals surface area contributed by atoms with Crippen molar-refractivity contribution in [2.75, 3.05) is 18.5 Å². The Kier molecular flexibility index (Phi) is 5.65. The molecule has 1 aromatic heterocycles. The van der Waals surface area contributed by atoms with Gasteiger partial charge in [-0.25, -0.2) is 9.48 Å². The second-order valence-corrected chi connectivity index (χ2v) is 5.93. The third-order valence-electron chi connectivity index (χ3n) is 4.15. The van der Waals surface area contributed by atoms with Crippen molar-refractivity contribution in [2.24, 2.45) is 5.73 Å². The minimum absolute atomic E-state index is 0.0701. The lowest BCUT2D eigenvalue weighted by Crippen LogP contribution is -2.30. The number of benzene rings is 1. The Balaban J connectivity index is 1.76. The van der Waals surface area contributed by atoms with Crippen molar-refractivity contribution in [1.29, 1.82) is 0 Å². The van der Waals surface area contributed by atoms with E-state index < -0.39 is 12.1 Å². The fourth-order valence-corrected chi connectivity index (χ4v) is 2.84. The number of hydrogen-bond donors (Lipinski definition) is 2. The number of amides is 1. The van der Waals surface area contributed by atoms with Crippen LogP contribution >= 0.6 is 0 Å². The largest absolute Gasteiger partial charge is 0.461 e. The fraction of sp³-hybridized carbons (Fsp3) is 0.389. The third-order valence-corrected chi connectivity index (χ3v) is 4.15. The summed E-state index contributed by atoms with van der Waals surface area (Å²) in [6.45, 7) is 2.42. The zero-order valence-electron chi connectivity index (χ0n) is 14.6. The maximum Gasteiger partial charge on any atom is 0.358 e. The number of nitrogens with two attached hydrogens (primary N) is 1. The van der Waals surface area contributed by atoms with E-state index in [0.717, 1.165) is 6.42 Å². The fourth-order valence-electron chi connectivity index (χ4n) is 2.84. The molecule has 0 unspecified atom stereocenters. The van der Waals surface area contributed by atoms with Crippen molar-refractivity contribution in [3.05, 3.63) is 42.2 Å². The molecule has 26 heavy (non-hydrogen) atoms. The van der Waals surface area contributed by atoms with E-state index >= 15 is 0 Å². The maximum absolute atomic E-state index is 12.5. The number of ether oxygens (including phenoxy) is 2. The van der Waals surface area contributed by atoms with Gasteiger partial charge < -0.3 is 20.5 Å². The van der Waals surface area contributed by atoms with E-state index in [1.165, 1.54) is 4.68 Å². The van der Waals surface area contributed by atoms with Gasteiger partial charge in [-0.05, 0) is 38.0 Å². The van der Waals surface area contributed by atoms with Crippen LogP contribution in [0.2, 0.25) is 0 Å². The summed E-state index contributed by atoms with van der Waals surface area (Å²) in [6, 6.07) is 8.78. The van der Waals surface area contributed by atoms with Gasteiger partial charge in [0.2, 0.25) is 0 Å². The lowest BCUT2D eigenvalue weighted by atomic mass is 10.2. The molecule has 0 spiro atoms. The highest BCUT2D eigenvalue weighted by Gasteiger charge is 2.30. The number of carbonyl (C=O) groups is 2. The van der Waals surface area contributed by atoms with Crippen molar-refractivity contribution in [3.63, 3.8) is 0 Å². The van der Waals surface area contributed by atoms with Crippen LogP contribution in [0.1, 0.15) is 30.3 Å². The van der Waals surface area contributed by atoms with Crippen molar-refractivity contribution in [1.82, 2.24) is 9.78 Å². The van der Waals surface area contributed by atoms with Crippen molar-refractivity contribution in [3.8, 4) is 5.69 Å². The number of hydrogen-bond acceptors (Lipinski definition) is 6. The van der Waals surface area contributed by atoms with Crippen LogP contribution in [0, 0.1) is 0 Å². The third kappa shape index (κ3) is 3.92. The van der Waals surface area contributed by atoms with Gasteiger partial charge in [0.15, 0.2) is 5.69 Å². The van der Waals surface area contributed by atoms with E-state index in [1.54, 1.807) is 31.3 Å². The highest BCUT2D eigenvalue weighted by atomic mass is 16.5. The highest BCUT2D eigenvalue weighted by molar-refractivity contribution is 5.96. The van der Waals surface area contributed by atoms with E-state index in [-0.39, 0.29) is 24.3 Å². The molecule has 1 saturated heterocycles. The van der Waals surface area contributed by atoms with Crippen LogP contribution in [0.4, 0.5) is 5.69 Å². The van der Waals surface area contributed by atoms with Gasteiger partial charge in [-0.15, -0.1) is 0 Å². The SMILES string of the molecule is CCOC(=O)c1ccn(-c2ccccc2NC(=O)[C@@H]2CC[C@H](CN)O2)n1. The Morgan fingerprint density at radius 3 is 2.88 bits per heavy atom. The van der Waals surface area contributed by atoms with Gasteiger partial charge in [0.1, 0.15) is 6.10 Å². The number of para-hydroxylation sites is 2. The predicted octanol–water partition coefficient (Wildman–Crippen LogP) is 1.49. The zero-order valence-corrected chi connectivity index (χ0v) is 14.6. The topological polar surface area (TPSA) is 108 Å². The molecule has 0 radical (unpaired) electrons. The smallest absolute Gasteiger partial charge is 0.358 e.